The summed E-state index contributed by atoms with van der Waals surface area (Å²) in [6, 6.07) is 10.5. The number of aromatic nitrogens is 2. The molecule has 1 N–H and O–H groups in total. The second kappa shape index (κ2) is 8.93. The molecule has 174 valence electrons. The molecule has 1 aromatic heterocycles. The molecule has 0 bridgehead atoms. The van der Waals surface area contributed by atoms with Crippen LogP contribution < -0.4 is 5.32 Å². The van der Waals surface area contributed by atoms with Gasteiger partial charge in [0.25, 0.3) is 5.91 Å². The summed E-state index contributed by atoms with van der Waals surface area (Å²) in [4.78, 5) is 13.2. The van der Waals surface area contributed by atoms with Gasteiger partial charge in [0.15, 0.2) is 5.69 Å². The van der Waals surface area contributed by atoms with Crippen LogP contribution in [0.2, 0.25) is 0 Å². The Hall–Kier alpha value is -2.68. The van der Waals surface area contributed by atoms with Gasteiger partial charge in [-0.1, -0.05) is 28.1 Å². The van der Waals surface area contributed by atoms with Crippen molar-refractivity contribution in [1.29, 1.82) is 0 Å². The highest BCUT2D eigenvalue weighted by Crippen LogP contribution is 2.41. The molecule has 1 heterocycles. The van der Waals surface area contributed by atoms with Gasteiger partial charge in [0, 0.05) is 23.5 Å². The smallest absolute Gasteiger partial charge is 0.345 e. The molecular weight excluding hydrogens is 502 g/mol. The van der Waals surface area contributed by atoms with Crippen LogP contribution in [0.5, 0.6) is 0 Å². The van der Waals surface area contributed by atoms with E-state index in [9.17, 15) is 22.4 Å². The van der Waals surface area contributed by atoms with E-state index < -0.39 is 11.9 Å². The number of carbonyl (C=O) groups is 1. The number of nitrogens with one attached hydrogen (secondary N) is 1. The number of rotatable bonds is 6. The maximum absolute atomic E-state index is 13.7. The summed E-state index contributed by atoms with van der Waals surface area (Å²) < 4.78 is 54.2. The predicted molar refractivity (Wildman–Crippen MR) is 120 cm³/mol. The minimum atomic E-state index is -4.56. The molecular formula is C24H22BrF4N3O. The first-order valence-corrected chi connectivity index (χ1v) is 11.6. The van der Waals surface area contributed by atoms with Gasteiger partial charge in [-0.05, 0) is 72.7 Å². The van der Waals surface area contributed by atoms with Crippen molar-refractivity contribution in [1.82, 2.24) is 15.1 Å². The molecule has 4 rings (SSSR count). The number of amides is 1. The minimum absolute atomic E-state index is 0.257. The number of aryl methyl sites for hydroxylation is 2. The summed E-state index contributed by atoms with van der Waals surface area (Å²) in [5, 5.41) is 7.05. The Morgan fingerprint density at radius 3 is 2.52 bits per heavy atom. The summed E-state index contributed by atoms with van der Waals surface area (Å²) in [7, 11) is 1.44. The third-order valence-corrected chi connectivity index (χ3v) is 6.44. The van der Waals surface area contributed by atoms with Gasteiger partial charge in [-0.15, -0.1) is 0 Å². The molecule has 0 aliphatic heterocycles. The number of alkyl halides is 4. The first kappa shape index (κ1) is 23.5. The molecule has 3 aromatic rings. The highest BCUT2D eigenvalue weighted by molar-refractivity contribution is 9.08. The average molecular weight is 524 g/mol. The van der Waals surface area contributed by atoms with E-state index in [1.54, 1.807) is 37.3 Å². The average Bonchev–Trinajstić information content (AvgIpc) is 3.53. The molecule has 1 aliphatic rings. The highest BCUT2D eigenvalue weighted by Gasteiger charge is 2.35. The van der Waals surface area contributed by atoms with E-state index in [0.717, 1.165) is 34.7 Å². The molecule has 9 heteroatoms. The van der Waals surface area contributed by atoms with Crippen molar-refractivity contribution in [3.8, 4) is 11.3 Å². The first-order valence-electron chi connectivity index (χ1n) is 10.4. The van der Waals surface area contributed by atoms with Gasteiger partial charge in [0.05, 0.1) is 11.7 Å². The molecule has 1 amide bonds. The Bertz CT molecular complexity index is 1200. The van der Waals surface area contributed by atoms with E-state index >= 15 is 0 Å². The van der Waals surface area contributed by atoms with Crippen LogP contribution in [0.3, 0.4) is 0 Å². The van der Waals surface area contributed by atoms with Crippen LogP contribution in [0.25, 0.3) is 11.3 Å². The topological polar surface area (TPSA) is 46.9 Å². The Morgan fingerprint density at radius 1 is 1.21 bits per heavy atom. The van der Waals surface area contributed by atoms with E-state index in [-0.39, 0.29) is 29.4 Å². The van der Waals surface area contributed by atoms with Gasteiger partial charge in [-0.3, -0.25) is 9.48 Å². The van der Waals surface area contributed by atoms with Crippen LogP contribution in [0.4, 0.5) is 17.6 Å². The summed E-state index contributed by atoms with van der Waals surface area (Å²) in [6.07, 6.45) is -2.64. The summed E-state index contributed by atoms with van der Waals surface area (Å²) in [6.45, 7) is 1.68. The molecule has 4 nitrogen and oxygen atoms in total. The molecule has 1 fully saturated rings. The van der Waals surface area contributed by atoms with Gasteiger partial charge < -0.3 is 5.32 Å². The number of halogens is 5. The van der Waals surface area contributed by atoms with Crippen molar-refractivity contribution in [3.63, 3.8) is 0 Å². The lowest BCUT2D eigenvalue weighted by Gasteiger charge is -2.20. The maximum atomic E-state index is 13.7. The van der Waals surface area contributed by atoms with Crippen LogP contribution in [-0.4, -0.2) is 15.7 Å². The highest BCUT2D eigenvalue weighted by atomic mass is 79.9. The molecule has 1 saturated carbocycles. The first-order chi connectivity index (χ1) is 15.6. The largest absolute Gasteiger partial charge is 0.435 e. The standard InChI is InChI=1S/C24H22BrF4N3O/c1-13-7-16(5-6-19(13)26)22(15-3-4-15)30-23(33)18-9-14(12-25)8-17(10-18)20-11-21(24(27,28)29)31-32(20)2/h5-11,15,22H,3-4,12H2,1-2H3,(H,30,33)/t22-/m0/s1. The molecule has 1 atom stereocenters. The molecule has 1 aliphatic carbocycles. The molecule has 0 spiro atoms. The van der Waals surface area contributed by atoms with Crippen molar-refractivity contribution in [2.24, 2.45) is 13.0 Å². The van der Waals surface area contributed by atoms with Gasteiger partial charge in [0.1, 0.15) is 5.82 Å². The van der Waals surface area contributed by atoms with Crippen molar-refractivity contribution in [3.05, 3.63) is 76.2 Å². The van der Waals surface area contributed by atoms with Crippen LogP contribution >= 0.6 is 15.9 Å². The van der Waals surface area contributed by atoms with Gasteiger partial charge in [-0.25, -0.2) is 4.39 Å². The van der Waals surface area contributed by atoms with E-state index in [2.05, 4.69) is 26.3 Å². The van der Waals surface area contributed by atoms with Crippen LogP contribution in [-0.2, 0) is 18.6 Å². The monoisotopic (exact) mass is 523 g/mol. The third kappa shape index (κ3) is 5.13. The maximum Gasteiger partial charge on any atom is 0.435 e. The zero-order chi connectivity index (χ0) is 23.9. The lowest BCUT2D eigenvalue weighted by Crippen LogP contribution is -2.30. The fourth-order valence-corrected chi connectivity index (χ4v) is 4.24. The summed E-state index contributed by atoms with van der Waals surface area (Å²) >= 11 is 3.37. The number of hydrogen-bond acceptors (Lipinski definition) is 2. The molecule has 2 aromatic carbocycles. The van der Waals surface area contributed by atoms with Crippen molar-refractivity contribution >= 4 is 21.8 Å². The second-order valence-corrected chi connectivity index (χ2v) is 8.95. The van der Waals surface area contributed by atoms with E-state index in [0.29, 0.717) is 22.0 Å². The Kier molecular flexibility index (Phi) is 6.35. The number of carbonyl (C=O) groups excluding carboxylic acids is 1. The van der Waals surface area contributed by atoms with Crippen molar-refractivity contribution in [2.45, 2.75) is 37.3 Å². The number of hydrogen-bond donors (Lipinski definition) is 1. The number of nitrogens with zero attached hydrogens (tertiary/aromatic N) is 2. The quantitative estimate of drug-likeness (QED) is 0.303. The minimum Gasteiger partial charge on any atom is -0.345 e. The summed E-state index contributed by atoms with van der Waals surface area (Å²) in [5.74, 6) is -0.371. The predicted octanol–water partition coefficient (Wildman–Crippen LogP) is 6.33. The van der Waals surface area contributed by atoms with Gasteiger partial charge >= 0.3 is 6.18 Å². The Balaban J connectivity index is 1.66. The summed E-state index contributed by atoms with van der Waals surface area (Å²) in [5.41, 5.74) is 2.15. The SMILES string of the molecule is Cc1cc([C@@H](NC(=O)c2cc(CBr)cc(-c3cc(C(F)(F)F)nn3C)c2)C2CC2)ccc1F. The molecule has 0 saturated heterocycles. The zero-order valence-electron chi connectivity index (χ0n) is 18.0. The lowest BCUT2D eigenvalue weighted by molar-refractivity contribution is -0.141. The lowest BCUT2D eigenvalue weighted by atomic mass is 9.98. The van der Waals surface area contributed by atoms with Crippen molar-refractivity contribution in [2.75, 3.05) is 0 Å². The molecule has 0 unspecified atom stereocenters. The van der Waals surface area contributed by atoms with Crippen molar-refractivity contribution < 1.29 is 22.4 Å². The normalized spacial score (nSPS) is 14.9. The van der Waals surface area contributed by atoms with Crippen LogP contribution in [0, 0.1) is 18.7 Å². The van der Waals surface area contributed by atoms with E-state index in [1.807, 2.05) is 0 Å². The fraction of sp³-hybridized carbons (Fsp3) is 0.333. The number of benzene rings is 2. The third-order valence-electron chi connectivity index (χ3n) is 5.80. The van der Waals surface area contributed by atoms with Gasteiger partial charge in [0.2, 0.25) is 0 Å². The zero-order valence-corrected chi connectivity index (χ0v) is 19.6. The van der Waals surface area contributed by atoms with E-state index in [4.69, 9.17) is 0 Å². The molecule has 33 heavy (non-hydrogen) atoms. The Labute approximate surface area is 197 Å². The van der Waals surface area contributed by atoms with Crippen LogP contribution in [0.1, 0.15) is 51.6 Å². The van der Waals surface area contributed by atoms with Gasteiger partial charge in [-0.2, -0.15) is 18.3 Å². The van der Waals surface area contributed by atoms with E-state index in [1.165, 1.54) is 13.1 Å². The Morgan fingerprint density at radius 2 is 1.94 bits per heavy atom. The second-order valence-electron chi connectivity index (χ2n) is 8.39. The van der Waals surface area contributed by atoms with Crippen LogP contribution in [0.15, 0.2) is 42.5 Å². The fourth-order valence-electron chi connectivity index (χ4n) is 3.91. The molecule has 0 radical (unpaired) electrons.